The van der Waals surface area contributed by atoms with Gasteiger partial charge >= 0.3 is 0 Å². The number of anilines is 4. The molecule has 210 valence electrons. The second-order valence-electron chi connectivity index (χ2n) is 10.8. The van der Waals surface area contributed by atoms with Crippen molar-refractivity contribution in [2.24, 2.45) is 0 Å². The number of fused-ring (bicyclic) bond motifs is 3. The molecule has 0 radical (unpaired) electrons. The number of rotatable bonds is 6. The van der Waals surface area contributed by atoms with Crippen LogP contribution in [0.5, 0.6) is 23.0 Å². The summed E-state index contributed by atoms with van der Waals surface area (Å²) in [4.78, 5) is 0. The molecule has 43 heavy (non-hydrogen) atoms. The molecule has 0 amide bonds. The first kappa shape index (κ1) is 26.0. The minimum absolute atomic E-state index is 0.641. The molecule has 6 aromatic rings. The van der Waals surface area contributed by atoms with E-state index in [4.69, 9.17) is 32.4 Å². The highest BCUT2D eigenvalue weighted by atomic mass is 16.5. The molecule has 0 bridgehead atoms. The summed E-state index contributed by atoms with van der Waals surface area (Å²) in [5.41, 5.74) is 33.1. The second-order valence-corrected chi connectivity index (χ2v) is 10.8. The molecule has 6 heteroatoms. The summed E-state index contributed by atoms with van der Waals surface area (Å²) in [6.07, 6.45) is 0. The number of hydrogen-bond donors (Lipinski definition) is 4. The van der Waals surface area contributed by atoms with Gasteiger partial charge in [0.1, 0.15) is 23.0 Å². The largest absolute Gasteiger partial charge is 0.457 e. The van der Waals surface area contributed by atoms with Crippen LogP contribution >= 0.6 is 0 Å². The number of benzene rings is 6. The van der Waals surface area contributed by atoms with Crippen LogP contribution in [0.2, 0.25) is 0 Å². The average molecular weight is 563 g/mol. The first-order chi connectivity index (χ1) is 20.9. The lowest BCUT2D eigenvalue weighted by Gasteiger charge is -2.34. The fraction of sp³-hybridized carbons (Fsp3) is 0.0270. The molecule has 0 saturated heterocycles. The third-order valence-corrected chi connectivity index (χ3v) is 7.95. The zero-order chi connectivity index (χ0) is 29.6. The van der Waals surface area contributed by atoms with Crippen LogP contribution in [-0.2, 0) is 5.41 Å². The van der Waals surface area contributed by atoms with Crippen molar-refractivity contribution in [1.29, 1.82) is 0 Å². The van der Waals surface area contributed by atoms with Gasteiger partial charge in [0.05, 0.1) is 5.41 Å². The Kier molecular flexibility index (Phi) is 6.17. The van der Waals surface area contributed by atoms with Crippen LogP contribution < -0.4 is 32.4 Å². The molecule has 0 spiro atoms. The van der Waals surface area contributed by atoms with Crippen molar-refractivity contribution in [3.8, 4) is 34.1 Å². The summed E-state index contributed by atoms with van der Waals surface area (Å²) in [6, 6.07) is 43.4. The monoisotopic (exact) mass is 562 g/mol. The van der Waals surface area contributed by atoms with Gasteiger partial charge in [-0.15, -0.1) is 0 Å². The van der Waals surface area contributed by atoms with Crippen molar-refractivity contribution in [3.05, 3.63) is 156 Å². The Labute approximate surface area is 250 Å². The molecule has 0 aromatic heterocycles. The van der Waals surface area contributed by atoms with Gasteiger partial charge in [-0.05, 0) is 106 Å². The molecule has 0 saturated carbocycles. The van der Waals surface area contributed by atoms with Crippen LogP contribution in [0.1, 0.15) is 22.3 Å². The molecule has 7 rings (SSSR count). The minimum Gasteiger partial charge on any atom is -0.457 e. The van der Waals surface area contributed by atoms with Crippen LogP contribution in [0.25, 0.3) is 11.1 Å². The Morgan fingerprint density at radius 3 is 1.16 bits per heavy atom. The summed E-state index contributed by atoms with van der Waals surface area (Å²) in [5, 5.41) is 0. The molecular formula is C37H30N4O2. The van der Waals surface area contributed by atoms with Gasteiger partial charge in [-0.3, -0.25) is 0 Å². The SMILES string of the molecule is Nc1cccc(Oc2ccc(C3(c4ccc(Oc5cccc(N)c5)cc4)c4ccc(N)cc4-c4cc(N)ccc43)cc2)c1. The van der Waals surface area contributed by atoms with Crippen molar-refractivity contribution in [3.63, 3.8) is 0 Å². The number of nitrogens with two attached hydrogens (primary N) is 4. The predicted molar refractivity (Wildman–Crippen MR) is 174 cm³/mol. The lowest BCUT2D eigenvalue weighted by atomic mass is 9.67. The van der Waals surface area contributed by atoms with E-state index in [1.807, 2.05) is 84.9 Å². The van der Waals surface area contributed by atoms with E-state index >= 15 is 0 Å². The molecule has 0 aliphatic heterocycles. The maximum absolute atomic E-state index is 6.32. The van der Waals surface area contributed by atoms with Gasteiger partial charge in [0.25, 0.3) is 0 Å². The standard InChI is InChI=1S/C37H30N4O2/c38-25-3-1-5-31(19-25)42-29-13-7-23(8-14-29)37(24-9-15-30(16-10-24)43-32-6-2-4-26(39)20-32)35-17-11-27(40)21-33(35)34-22-28(41)12-18-36(34)37/h1-22H,38-41H2. The fourth-order valence-corrected chi connectivity index (χ4v) is 6.13. The Morgan fingerprint density at radius 2 is 0.767 bits per heavy atom. The van der Waals surface area contributed by atoms with E-state index in [9.17, 15) is 0 Å². The minimum atomic E-state index is -0.641. The van der Waals surface area contributed by atoms with Crippen molar-refractivity contribution in [2.75, 3.05) is 22.9 Å². The van der Waals surface area contributed by atoms with Crippen LogP contribution in [-0.4, -0.2) is 0 Å². The number of hydrogen-bond acceptors (Lipinski definition) is 6. The van der Waals surface area contributed by atoms with Crippen LogP contribution in [0.4, 0.5) is 22.7 Å². The highest BCUT2D eigenvalue weighted by Crippen LogP contribution is 2.57. The van der Waals surface area contributed by atoms with E-state index in [1.54, 1.807) is 12.1 Å². The average Bonchev–Trinajstić information content (AvgIpc) is 3.27. The molecule has 6 aromatic carbocycles. The lowest BCUT2D eigenvalue weighted by molar-refractivity contribution is 0.482. The van der Waals surface area contributed by atoms with Crippen molar-refractivity contribution >= 4 is 22.7 Å². The molecule has 8 N–H and O–H groups in total. The van der Waals surface area contributed by atoms with Crippen LogP contribution in [0.15, 0.2) is 133 Å². The topological polar surface area (TPSA) is 123 Å². The van der Waals surface area contributed by atoms with Crippen molar-refractivity contribution < 1.29 is 9.47 Å². The highest BCUT2D eigenvalue weighted by Gasteiger charge is 2.46. The zero-order valence-electron chi connectivity index (χ0n) is 23.3. The molecule has 0 fully saturated rings. The fourth-order valence-electron chi connectivity index (χ4n) is 6.13. The van der Waals surface area contributed by atoms with Gasteiger partial charge in [0, 0.05) is 34.9 Å². The Hall–Kier alpha value is -5.88. The predicted octanol–water partition coefficient (Wildman–Crippen LogP) is 7.96. The Balaban J connectivity index is 1.38. The molecule has 0 unspecified atom stereocenters. The van der Waals surface area contributed by atoms with Crippen molar-refractivity contribution in [2.45, 2.75) is 5.41 Å². The molecule has 0 atom stereocenters. The number of nitrogen functional groups attached to an aromatic ring is 4. The summed E-state index contributed by atoms with van der Waals surface area (Å²) in [7, 11) is 0. The molecule has 1 aliphatic rings. The van der Waals surface area contributed by atoms with Crippen molar-refractivity contribution in [1.82, 2.24) is 0 Å². The summed E-state index contributed by atoms with van der Waals surface area (Å²) < 4.78 is 12.3. The smallest absolute Gasteiger partial charge is 0.129 e. The lowest BCUT2D eigenvalue weighted by Crippen LogP contribution is -2.28. The summed E-state index contributed by atoms with van der Waals surface area (Å²) >= 11 is 0. The van der Waals surface area contributed by atoms with E-state index in [2.05, 4.69) is 36.4 Å². The van der Waals surface area contributed by atoms with E-state index in [0.29, 0.717) is 45.7 Å². The first-order valence-corrected chi connectivity index (χ1v) is 14.0. The highest BCUT2D eigenvalue weighted by molar-refractivity contribution is 5.89. The maximum atomic E-state index is 6.32. The van der Waals surface area contributed by atoms with Crippen LogP contribution in [0, 0.1) is 0 Å². The van der Waals surface area contributed by atoms with E-state index in [-0.39, 0.29) is 0 Å². The molecule has 1 aliphatic carbocycles. The molecular weight excluding hydrogens is 532 g/mol. The third-order valence-electron chi connectivity index (χ3n) is 7.95. The van der Waals surface area contributed by atoms with Gasteiger partial charge in [-0.2, -0.15) is 0 Å². The molecule has 0 heterocycles. The second kappa shape index (κ2) is 10.2. The van der Waals surface area contributed by atoms with Crippen LogP contribution in [0.3, 0.4) is 0 Å². The Bertz CT molecular complexity index is 1820. The molecule has 6 nitrogen and oxygen atoms in total. The quantitative estimate of drug-likeness (QED) is 0.153. The van der Waals surface area contributed by atoms with Gasteiger partial charge in [0.2, 0.25) is 0 Å². The zero-order valence-corrected chi connectivity index (χ0v) is 23.3. The van der Waals surface area contributed by atoms with Gasteiger partial charge in [-0.25, -0.2) is 0 Å². The number of ether oxygens (including phenoxy) is 2. The summed E-state index contributed by atoms with van der Waals surface area (Å²) in [6.45, 7) is 0. The summed E-state index contributed by atoms with van der Waals surface area (Å²) in [5.74, 6) is 2.79. The maximum Gasteiger partial charge on any atom is 0.129 e. The van der Waals surface area contributed by atoms with Gasteiger partial charge in [-0.1, -0.05) is 48.5 Å². The van der Waals surface area contributed by atoms with E-state index in [1.165, 1.54) is 0 Å². The van der Waals surface area contributed by atoms with E-state index in [0.717, 1.165) is 33.4 Å². The third kappa shape index (κ3) is 4.55. The van der Waals surface area contributed by atoms with E-state index < -0.39 is 5.41 Å². The van der Waals surface area contributed by atoms with Gasteiger partial charge < -0.3 is 32.4 Å². The van der Waals surface area contributed by atoms with Gasteiger partial charge in [0.15, 0.2) is 0 Å². The first-order valence-electron chi connectivity index (χ1n) is 14.0. The Morgan fingerprint density at radius 1 is 0.372 bits per heavy atom. The normalized spacial score (nSPS) is 12.7.